The predicted molar refractivity (Wildman–Crippen MR) is 107 cm³/mol. The van der Waals surface area contributed by atoms with Gasteiger partial charge in [0.25, 0.3) is 0 Å². The Morgan fingerprint density at radius 1 is 1.14 bits per heavy atom. The van der Waals surface area contributed by atoms with E-state index >= 15 is 0 Å². The Morgan fingerprint density at radius 2 is 1.93 bits per heavy atom. The first-order valence-corrected chi connectivity index (χ1v) is 11.1. The van der Waals surface area contributed by atoms with Crippen molar-refractivity contribution in [3.05, 3.63) is 53.6 Å². The molecule has 1 amide bonds. The third-order valence-corrected chi connectivity index (χ3v) is 7.26. The molecule has 148 valence electrons. The van der Waals surface area contributed by atoms with Crippen LogP contribution in [0.2, 0.25) is 0 Å². The first-order chi connectivity index (χ1) is 13.5. The molecule has 0 aliphatic carbocycles. The molecule has 0 radical (unpaired) electrons. The summed E-state index contributed by atoms with van der Waals surface area (Å²) < 4.78 is 33.8. The van der Waals surface area contributed by atoms with E-state index in [1.165, 1.54) is 0 Å². The fourth-order valence-electron chi connectivity index (χ4n) is 3.97. The number of hydrogen-bond acceptors (Lipinski definition) is 4. The highest BCUT2D eigenvalue weighted by atomic mass is 32.2. The molecule has 28 heavy (non-hydrogen) atoms. The van der Waals surface area contributed by atoms with Crippen molar-refractivity contribution < 1.29 is 17.9 Å². The van der Waals surface area contributed by atoms with E-state index in [-0.39, 0.29) is 11.9 Å². The third kappa shape index (κ3) is 3.52. The molecule has 0 aromatic heterocycles. The molecular weight excluding hydrogens is 376 g/mol. The number of fused-ring (bicyclic) bond motifs is 1. The quantitative estimate of drug-likeness (QED) is 0.834. The lowest BCUT2D eigenvalue weighted by Crippen LogP contribution is -2.31. The minimum Gasteiger partial charge on any atom is -0.494 e. The third-order valence-electron chi connectivity index (χ3n) is 5.36. The number of rotatable bonds is 5. The van der Waals surface area contributed by atoms with E-state index in [4.69, 9.17) is 4.74 Å². The Morgan fingerprint density at radius 3 is 2.68 bits per heavy atom. The number of ether oxygens (including phenoxy) is 1. The van der Waals surface area contributed by atoms with Crippen LogP contribution in [0.5, 0.6) is 5.75 Å². The summed E-state index contributed by atoms with van der Waals surface area (Å²) in [6, 6.07) is 12.5. The van der Waals surface area contributed by atoms with Crippen LogP contribution in [0.1, 0.15) is 43.4 Å². The summed E-state index contributed by atoms with van der Waals surface area (Å²) in [5.41, 5.74) is 2.56. The number of nitrogens with zero attached hydrogens (tertiary/aromatic N) is 1. The molecule has 7 heteroatoms. The smallest absolute Gasteiger partial charge is 0.243 e. The first-order valence-electron chi connectivity index (χ1n) is 9.66. The monoisotopic (exact) mass is 400 g/mol. The summed E-state index contributed by atoms with van der Waals surface area (Å²) in [6.45, 7) is 3.04. The highest BCUT2D eigenvalue weighted by molar-refractivity contribution is 7.89. The molecule has 0 bridgehead atoms. The molecule has 1 unspecified atom stereocenters. The van der Waals surface area contributed by atoms with Crippen LogP contribution in [0.25, 0.3) is 0 Å². The summed E-state index contributed by atoms with van der Waals surface area (Å²) in [6.07, 6.45) is 2.58. The van der Waals surface area contributed by atoms with Gasteiger partial charge in [0.15, 0.2) is 0 Å². The summed E-state index contributed by atoms with van der Waals surface area (Å²) in [5, 5.41) is 2.80. The Hall–Kier alpha value is -2.38. The van der Waals surface area contributed by atoms with Crippen molar-refractivity contribution in [2.75, 3.05) is 18.5 Å². The number of carbonyl (C=O) groups is 1. The summed E-state index contributed by atoms with van der Waals surface area (Å²) in [5.74, 6) is 0.758. The van der Waals surface area contributed by atoms with Gasteiger partial charge in [-0.2, -0.15) is 4.31 Å². The van der Waals surface area contributed by atoms with Crippen molar-refractivity contribution in [2.24, 2.45) is 0 Å². The van der Waals surface area contributed by atoms with Crippen molar-refractivity contribution in [3.63, 3.8) is 0 Å². The number of amides is 1. The normalized spacial score (nSPS) is 19.9. The van der Waals surface area contributed by atoms with Crippen molar-refractivity contribution in [3.8, 4) is 5.75 Å². The van der Waals surface area contributed by atoms with Crippen LogP contribution < -0.4 is 10.1 Å². The van der Waals surface area contributed by atoms with E-state index in [9.17, 15) is 13.2 Å². The van der Waals surface area contributed by atoms with Gasteiger partial charge in [0.2, 0.25) is 15.9 Å². The van der Waals surface area contributed by atoms with E-state index in [1.54, 1.807) is 22.5 Å². The van der Waals surface area contributed by atoms with E-state index in [1.807, 2.05) is 31.2 Å². The number of aryl methyl sites for hydroxylation is 1. The highest BCUT2D eigenvalue weighted by Crippen LogP contribution is 2.38. The van der Waals surface area contributed by atoms with Gasteiger partial charge in [-0.25, -0.2) is 8.42 Å². The molecule has 0 saturated carbocycles. The molecule has 4 rings (SSSR count). The Bertz CT molecular complexity index is 986. The molecule has 2 aromatic carbocycles. The number of hydrogen-bond donors (Lipinski definition) is 1. The summed E-state index contributed by atoms with van der Waals surface area (Å²) in [4.78, 5) is 11.8. The maximum atomic E-state index is 13.4. The summed E-state index contributed by atoms with van der Waals surface area (Å²) >= 11 is 0. The van der Waals surface area contributed by atoms with Gasteiger partial charge in [0, 0.05) is 18.7 Å². The SMILES string of the molecule is CCOc1ccc(C2CCCN2S(=O)(=O)c2ccc3c(c2)CCC(=O)N3)cc1. The van der Waals surface area contributed by atoms with Gasteiger partial charge in [-0.3, -0.25) is 4.79 Å². The van der Waals surface area contributed by atoms with Crippen molar-refractivity contribution in [1.29, 1.82) is 0 Å². The van der Waals surface area contributed by atoms with Gasteiger partial charge in [-0.1, -0.05) is 12.1 Å². The molecule has 1 fully saturated rings. The first kappa shape index (κ1) is 19.0. The molecule has 2 aliphatic rings. The van der Waals surface area contributed by atoms with E-state index in [2.05, 4.69) is 5.32 Å². The van der Waals surface area contributed by atoms with Gasteiger partial charge in [-0.05, 0) is 67.6 Å². The lowest BCUT2D eigenvalue weighted by atomic mass is 10.0. The largest absolute Gasteiger partial charge is 0.494 e. The van der Waals surface area contributed by atoms with E-state index < -0.39 is 10.0 Å². The van der Waals surface area contributed by atoms with Gasteiger partial charge >= 0.3 is 0 Å². The van der Waals surface area contributed by atoms with Crippen LogP contribution in [0.15, 0.2) is 47.4 Å². The minimum atomic E-state index is -3.61. The molecule has 6 nitrogen and oxygen atoms in total. The van der Waals surface area contributed by atoms with Crippen LogP contribution in [0, 0.1) is 0 Å². The zero-order valence-electron chi connectivity index (χ0n) is 15.8. The van der Waals surface area contributed by atoms with Crippen LogP contribution >= 0.6 is 0 Å². The average molecular weight is 401 g/mol. The number of carbonyl (C=O) groups excluding carboxylic acids is 1. The zero-order chi connectivity index (χ0) is 19.7. The molecule has 1 N–H and O–H groups in total. The zero-order valence-corrected chi connectivity index (χ0v) is 16.7. The molecule has 0 spiro atoms. The second-order valence-electron chi connectivity index (χ2n) is 7.14. The van der Waals surface area contributed by atoms with Gasteiger partial charge in [-0.15, -0.1) is 0 Å². The second-order valence-corrected chi connectivity index (χ2v) is 9.03. The maximum Gasteiger partial charge on any atom is 0.243 e. The molecule has 1 atom stereocenters. The predicted octanol–water partition coefficient (Wildman–Crippen LogP) is 3.50. The molecule has 1 saturated heterocycles. The molecular formula is C21H24N2O4S. The average Bonchev–Trinajstić information content (AvgIpc) is 3.19. The molecule has 2 aromatic rings. The van der Waals surface area contributed by atoms with E-state index in [0.717, 1.165) is 29.7 Å². The number of anilines is 1. The molecule has 2 heterocycles. The number of nitrogens with one attached hydrogen (secondary N) is 1. The Labute approximate surface area is 165 Å². The van der Waals surface area contributed by atoms with Gasteiger partial charge in [0.05, 0.1) is 17.5 Å². The minimum absolute atomic E-state index is 0.0294. The highest BCUT2D eigenvalue weighted by Gasteiger charge is 2.36. The van der Waals surface area contributed by atoms with Gasteiger partial charge < -0.3 is 10.1 Å². The Kier molecular flexibility index (Phi) is 5.12. The number of benzene rings is 2. The standard InChI is InChI=1S/C21H24N2O4S/c1-2-27-17-8-5-15(6-9-17)20-4-3-13-23(20)28(25,26)18-10-11-19-16(14-18)7-12-21(24)22-19/h5-6,8-11,14,20H,2-4,7,12-13H2,1H3,(H,22,24). The maximum absolute atomic E-state index is 13.4. The lowest BCUT2D eigenvalue weighted by molar-refractivity contribution is -0.116. The topological polar surface area (TPSA) is 75.7 Å². The van der Waals surface area contributed by atoms with Crippen LogP contribution in [0.3, 0.4) is 0 Å². The van der Waals surface area contributed by atoms with Crippen molar-refractivity contribution in [2.45, 2.75) is 43.5 Å². The Balaban J connectivity index is 1.62. The summed E-state index contributed by atoms with van der Waals surface area (Å²) in [7, 11) is -3.61. The molecule has 2 aliphatic heterocycles. The van der Waals surface area contributed by atoms with Crippen molar-refractivity contribution in [1.82, 2.24) is 4.31 Å². The van der Waals surface area contributed by atoms with Crippen LogP contribution in [0.4, 0.5) is 5.69 Å². The number of sulfonamides is 1. The van der Waals surface area contributed by atoms with Gasteiger partial charge in [0.1, 0.15) is 5.75 Å². The van der Waals surface area contributed by atoms with Crippen LogP contribution in [-0.4, -0.2) is 31.8 Å². The second kappa shape index (κ2) is 7.56. The van der Waals surface area contributed by atoms with Crippen LogP contribution in [-0.2, 0) is 21.2 Å². The lowest BCUT2D eigenvalue weighted by Gasteiger charge is -2.25. The van der Waals surface area contributed by atoms with Crippen molar-refractivity contribution >= 4 is 21.6 Å². The van der Waals surface area contributed by atoms with E-state index in [0.29, 0.717) is 36.6 Å². The fraction of sp³-hybridized carbons (Fsp3) is 0.381. The fourth-order valence-corrected chi connectivity index (χ4v) is 5.70.